The van der Waals surface area contributed by atoms with E-state index in [1.807, 2.05) is 6.08 Å². The van der Waals surface area contributed by atoms with E-state index in [1.165, 1.54) is 167 Å². The highest BCUT2D eigenvalue weighted by molar-refractivity contribution is 5.76. The van der Waals surface area contributed by atoms with Crippen molar-refractivity contribution in [1.82, 2.24) is 5.32 Å². The monoisotopic (exact) mass is 1010 g/mol. The molecule has 7 atom stereocenters. The Labute approximate surface area is 434 Å². The highest BCUT2D eigenvalue weighted by atomic mass is 16.7. The quantitative estimate of drug-likeness (QED) is 0.0195. The molecule has 1 aliphatic heterocycles. The fraction of sp³-hybridized carbons (Fsp3) is 0.867. The topological polar surface area (TPSA) is 175 Å². The predicted octanol–water partition coefficient (Wildman–Crippen LogP) is 13.5. The molecule has 0 saturated carbocycles. The molecular weight excluding hydrogens is 895 g/mol. The maximum Gasteiger partial charge on any atom is 0.305 e. The summed E-state index contributed by atoms with van der Waals surface area (Å²) in [5.74, 6) is -0.202. The molecule has 1 rings (SSSR count). The number of unbranched alkanes of at least 4 members (excludes halogenated alkanes) is 33. The molecule has 0 bridgehead atoms. The summed E-state index contributed by atoms with van der Waals surface area (Å²) in [5.41, 5.74) is 0. The third-order valence-electron chi connectivity index (χ3n) is 14.0. The van der Waals surface area contributed by atoms with Gasteiger partial charge in [-0.05, 0) is 57.8 Å². The Kier molecular flexibility index (Phi) is 47.2. The number of hydrogen-bond acceptors (Lipinski definition) is 10. The summed E-state index contributed by atoms with van der Waals surface area (Å²) >= 11 is 0. The number of ether oxygens (including phenoxy) is 3. The minimum Gasteiger partial charge on any atom is -0.466 e. The van der Waals surface area contributed by atoms with Gasteiger partial charge in [0, 0.05) is 12.8 Å². The van der Waals surface area contributed by atoms with Gasteiger partial charge in [-0.3, -0.25) is 9.59 Å². The lowest BCUT2D eigenvalue weighted by atomic mass is 9.99. The Morgan fingerprint density at radius 3 is 1.48 bits per heavy atom. The van der Waals surface area contributed by atoms with Crippen molar-refractivity contribution in [3.8, 4) is 0 Å². The van der Waals surface area contributed by atoms with E-state index in [4.69, 9.17) is 14.2 Å². The summed E-state index contributed by atoms with van der Waals surface area (Å²) in [7, 11) is 0. The number of allylic oxidation sites excluding steroid dienone is 5. The molecule has 416 valence electrons. The van der Waals surface area contributed by atoms with Crippen molar-refractivity contribution in [2.45, 2.75) is 314 Å². The van der Waals surface area contributed by atoms with E-state index >= 15 is 0 Å². The number of carbonyl (C=O) groups is 2. The molecule has 1 heterocycles. The Hall–Kier alpha value is -2.12. The summed E-state index contributed by atoms with van der Waals surface area (Å²) in [5, 5.41) is 54.2. The first kappa shape index (κ1) is 66.9. The second-order valence-corrected chi connectivity index (χ2v) is 20.7. The average molecular weight is 1010 g/mol. The van der Waals surface area contributed by atoms with Crippen LogP contribution in [0.2, 0.25) is 0 Å². The standard InChI is InChI=1S/C60H111NO10/c1-3-5-7-9-11-13-14-24-28-32-36-40-44-48-56(65)69-49-45-41-37-33-29-26-23-21-19-17-15-16-18-20-22-25-27-31-35-39-43-47-55(64)61-52(53(63)46-42-38-34-30-12-10-8-6-4-2)51-70-60-59(68)58(67)57(66)54(50-62)71-60/h7,9,13-14,42,46,52-54,57-60,62-63,66-68H,3-6,8,10-12,15-41,43-45,47-51H2,1-2H3,(H,61,64)/b9-7-,14-13-,46-42+. The van der Waals surface area contributed by atoms with Crippen molar-refractivity contribution in [3.05, 3.63) is 36.5 Å². The van der Waals surface area contributed by atoms with Gasteiger partial charge in [0.15, 0.2) is 6.29 Å². The van der Waals surface area contributed by atoms with Crippen molar-refractivity contribution < 1.29 is 49.3 Å². The van der Waals surface area contributed by atoms with Gasteiger partial charge >= 0.3 is 5.97 Å². The van der Waals surface area contributed by atoms with Gasteiger partial charge in [0.1, 0.15) is 24.4 Å². The molecule has 0 aromatic heterocycles. The summed E-state index contributed by atoms with van der Waals surface area (Å²) < 4.78 is 16.7. The van der Waals surface area contributed by atoms with E-state index in [9.17, 15) is 35.1 Å². The number of aliphatic hydroxyl groups is 5. The van der Waals surface area contributed by atoms with Crippen LogP contribution in [-0.4, -0.2) is 100 Å². The summed E-state index contributed by atoms with van der Waals surface area (Å²) in [6.07, 6.45) is 51.1. The third kappa shape index (κ3) is 39.9. The molecule has 0 aliphatic carbocycles. The van der Waals surface area contributed by atoms with Crippen LogP contribution < -0.4 is 5.32 Å². The number of hydrogen-bond donors (Lipinski definition) is 6. The molecule has 1 aliphatic rings. The molecule has 0 aromatic carbocycles. The second-order valence-electron chi connectivity index (χ2n) is 20.7. The van der Waals surface area contributed by atoms with Gasteiger partial charge in [-0.25, -0.2) is 0 Å². The van der Waals surface area contributed by atoms with E-state index in [0.29, 0.717) is 19.4 Å². The molecule has 1 amide bonds. The lowest BCUT2D eigenvalue weighted by molar-refractivity contribution is -0.302. The van der Waals surface area contributed by atoms with Gasteiger partial charge < -0.3 is 45.1 Å². The molecule has 6 N–H and O–H groups in total. The molecule has 71 heavy (non-hydrogen) atoms. The molecular formula is C60H111NO10. The summed E-state index contributed by atoms with van der Waals surface area (Å²) in [6, 6.07) is -0.809. The zero-order chi connectivity index (χ0) is 51.7. The number of amides is 1. The number of aliphatic hydroxyl groups excluding tert-OH is 5. The average Bonchev–Trinajstić information content (AvgIpc) is 3.37. The van der Waals surface area contributed by atoms with Gasteiger partial charge in [0.2, 0.25) is 5.91 Å². The van der Waals surface area contributed by atoms with Gasteiger partial charge in [-0.1, -0.05) is 237 Å². The number of nitrogens with one attached hydrogen (secondary N) is 1. The molecule has 1 saturated heterocycles. The van der Waals surface area contributed by atoms with Crippen LogP contribution in [0, 0.1) is 0 Å². The van der Waals surface area contributed by atoms with Crippen molar-refractivity contribution in [2.24, 2.45) is 0 Å². The fourth-order valence-electron chi connectivity index (χ4n) is 9.24. The van der Waals surface area contributed by atoms with Gasteiger partial charge in [-0.2, -0.15) is 0 Å². The van der Waals surface area contributed by atoms with Gasteiger partial charge in [-0.15, -0.1) is 0 Å². The predicted molar refractivity (Wildman–Crippen MR) is 292 cm³/mol. The van der Waals surface area contributed by atoms with Crippen LogP contribution in [-0.2, 0) is 23.8 Å². The van der Waals surface area contributed by atoms with Crippen LogP contribution in [0.3, 0.4) is 0 Å². The molecule has 11 nitrogen and oxygen atoms in total. The summed E-state index contributed by atoms with van der Waals surface area (Å²) in [6.45, 7) is 4.24. The van der Waals surface area contributed by atoms with Crippen LogP contribution in [0.4, 0.5) is 0 Å². The van der Waals surface area contributed by atoms with Crippen LogP contribution in [0.1, 0.15) is 271 Å². The minimum atomic E-state index is -1.57. The first-order valence-electron chi connectivity index (χ1n) is 29.8. The lowest BCUT2D eigenvalue weighted by Crippen LogP contribution is -2.60. The van der Waals surface area contributed by atoms with Crippen molar-refractivity contribution >= 4 is 11.9 Å². The zero-order valence-corrected chi connectivity index (χ0v) is 45.7. The molecule has 0 aromatic rings. The highest BCUT2D eigenvalue weighted by Gasteiger charge is 2.44. The SMILES string of the molecule is CCC/C=C\C/C=C\CCCCCCCC(=O)OCCCCCCCCCCCCCCCCCCCCCCCC(=O)NC(COC1OC(CO)C(O)C(O)C1O)C(O)/C=C/CCCCCCCCC. The zero-order valence-electron chi connectivity index (χ0n) is 45.7. The maximum atomic E-state index is 13.0. The van der Waals surface area contributed by atoms with E-state index in [-0.39, 0.29) is 18.5 Å². The van der Waals surface area contributed by atoms with Crippen LogP contribution in [0.25, 0.3) is 0 Å². The highest BCUT2D eigenvalue weighted by Crippen LogP contribution is 2.23. The third-order valence-corrected chi connectivity index (χ3v) is 14.0. The summed E-state index contributed by atoms with van der Waals surface area (Å²) in [4.78, 5) is 25.0. The Morgan fingerprint density at radius 1 is 0.521 bits per heavy atom. The van der Waals surface area contributed by atoms with E-state index < -0.39 is 49.5 Å². The van der Waals surface area contributed by atoms with E-state index in [0.717, 1.165) is 77.0 Å². The molecule has 1 fully saturated rings. The van der Waals surface area contributed by atoms with Crippen molar-refractivity contribution in [2.75, 3.05) is 19.8 Å². The van der Waals surface area contributed by atoms with E-state index in [2.05, 4.69) is 43.5 Å². The molecule has 7 unspecified atom stereocenters. The fourth-order valence-corrected chi connectivity index (χ4v) is 9.24. The number of carbonyl (C=O) groups excluding carboxylic acids is 2. The minimum absolute atomic E-state index is 0.0169. The van der Waals surface area contributed by atoms with Gasteiger partial charge in [0.05, 0.1) is 32.0 Å². The van der Waals surface area contributed by atoms with Crippen molar-refractivity contribution in [1.29, 1.82) is 0 Å². The van der Waals surface area contributed by atoms with Crippen LogP contribution >= 0.6 is 0 Å². The van der Waals surface area contributed by atoms with E-state index in [1.54, 1.807) is 6.08 Å². The Balaban J connectivity index is 2.00. The van der Waals surface area contributed by atoms with Crippen LogP contribution in [0.5, 0.6) is 0 Å². The number of rotatable bonds is 51. The van der Waals surface area contributed by atoms with Gasteiger partial charge in [0.25, 0.3) is 0 Å². The number of esters is 1. The second kappa shape index (κ2) is 50.1. The van der Waals surface area contributed by atoms with Crippen LogP contribution in [0.15, 0.2) is 36.5 Å². The Morgan fingerprint density at radius 2 is 0.972 bits per heavy atom. The van der Waals surface area contributed by atoms with Crippen molar-refractivity contribution in [3.63, 3.8) is 0 Å². The normalized spacial score (nSPS) is 19.3. The first-order valence-corrected chi connectivity index (χ1v) is 29.8. The molecule has 0 spiro atoms. The lowest BCUT2D eigenvalue weighted by Gasteiger charge is -2.40. The smallest absolute Gasteiger partial charge is 0.305 e. The Bertz CT molecular complexity index is 1280. The molecule has 0 radical (unpaired) electrons. The maximum absolute atomic E-state index is 13.0. The molecule has 11 heteroatoms. The first-order chi connectivity index (χ1) is 34.7. The largest absolute Gasteiger partial charge is 0.466 e.